The van der Waals surface area contributed by atoms with E-state index < -0.39 is 0 Å². The number of nitrogens with two attached hydrogens (primary N) is 1. The minimum atomic E-state index is 0.280. The van der Waals surface area contributed by atoms with Crippen molar-refractivity contribution in [3.05, 3.63) is 48.3 Å². The summed E-state index contributed by atoms with van der Waals surface area (Å²) in [5.74, 6) is 0.728. The maximum atomic E-state index is 9.23. The van der Waals surface area contributed by atoms with E-state index in [0.29, 0.717) is 12.0 Å². The molecule has 17 heavy (non-hydrogen) atoms. The Kier molecular flexibility index (Phi) is 2.34. The van der Waals surface area contributed by atoms with Crippen molar-refractivity contribution in [1.82, 2.24) is 4.98 Å². The molecule has 0 spiro atoms. The van der Waals surface area contributed by atoms with Gasteiger partial charge in [0.25, 0.3) is 0 Å². The van der Waals surface area contributed by atoms with Crippen LogP contribution in [0.25, 0.3) is 11.1 Å². The molecule has 0 unspecified atom stereocenters. The molecule has 86 valence electrons. The Morgan fingerprint density at radius 3 is 2.24 bits per heavy atom. The van der Waals surface area contributed by atoms with Crippen molar-refractivity contribution in [3.63, 3.8) is 0 Å². The lowest BCUT2D eigenvalue weighted by molar-refractivity contribution is 0.475. The summed E-state index contributed by atoms with van der Waals surface area (Å²) in [6, 6.07) is 11.5. The molecule has 1 saturated carbocycles. The van der Waals surface area contributed by atoms with Crippen molar-refractivity contribution in [2.75, 3.05) is 0 Å². The number of phenols is 1. The predicted octanol–water partition coefficient (Wildman–Crippen LogP) is 2.27. The van der Waals surface area contributed by atoms with Crippen molar-refractivity contribution in [3.8, 4) is 16.9 Å². The van der Waals surface area contributed by atoms with Crippen LogP contribution in [-0.2, 0) is 0 Å². The Bertz CT molecular complexity index is 519. The minimum absolute atomic E-state index is 0.280. The number of phenolic OH excluding ortho intramolecular Hbond substituents is 1. The number of aromatic nitrogens is 1. The molecular formula is C14H14N2O. The highest BCUT2D eigenvalue weighted by atomic mass is 16.3. The van der Waals surface area contributed by atoms with Crippen LogP contribution in [-0.4, -0.2) is 16.1 Å². The topological polar surface area (TPSA) is 59.1 Å². The van der Waals surface area contributed by atoms with Crippen LogP contribution >= 0.6 is 0 Å². The average Bonchev–Trinajstić information content (AvgIpc) is 3.08. The van der Waals surface area contributed by atoms with E-state index in [1.807, 2.05) is 24.4 Å². The number of pyridine rings is 1. The average molecular weight is 226 g/mol. The standard InChI is InChI=1S/C14H14N2O/c15-13-7-12(13)14-6-3-10(8-16-14)9-1-4-11(17)5-2-9/h1-6,8,12-13,17H,7,15H2/t12-,13-/m0/s1. The van der Waals surface area contributed by atoms with E-state index in [-0.39, 0.29) is 5.75 Å². The second-order valence-corrected chi connectivity index (χ2v) is 4.52. The quantitative estimate of drug-likeness (QED) is 0.825. The van der Waals surface area contributed by atoms with Gasteiger partial charge >= 0.3 is 0 Å². The summed E-state index contributed by atoms with van der Waals surface area (Å²) < 4.78 is 0. The van der Waals surface area contributed by atoms with Gasteiger partial charge in [-0.1, -0.05) is 18.2 Å². The van der Waals surface area contributed by atoms with E-state index in [0.717, 1.165) is 23.2 Å². The van der Waals surface area contributed by atoms with Gasteiger partial charge in [0.15, 0.2) is 0 Å². The van der Waals surface area contributed by atoms with E-state index >= 15 is 0 Å². The number of nitrogens with zero attached hydrogens (tertiary/aromatic N) is 1. The second kappa shape index (κ2) is 3.86. The van der Waals surface area contributed by atoms with E-state index in [1.54, 1.807) is 12.1 Å². The van der Waals surface area contributed by atoms with Crippen molar-refractivity contribution < 1.29 is 5.11 Å². The summed E-state index contributed by atoms with van der Waals surface area (Å²) >= 11 is 0. The number of hydrogen-bond donors (Lipinski definition) is 2. The Labute approximate surface area is 99.9 Å². The second-order valence-electron chi connectivity index (χ2n) is 4.52. The van der Waals surface area contributed by atoms with Crippen LogP contribution in [0.1, 0.15) is 18.0 Å². The Morgan fingerprint density at radius 1 is 1.06 bits per heavy atom. The summed E-state index contributed by atoms with van der Waals surface area (Å²) in [5.41, 5.74) is 9.00. The minimum Gasteiger partial charge on any atom is -0.508 e. The molecule has 2 atom stereocenters. The summed E-state index contributed by atoms with van der Waals surface area (Å²) in [6.07, 6.45) is 2.91. The molecule has 0 amide bonds. The molecule has 0 bridgehead atoms. The first-order valence-electron chi connectivity index (χ1n) is 5.75. The summed E-state index contributed by atoms with van der Waals surface area (Å²) in [7, 11) is 0. The molecule has 3 heteroatoms. The molecule has 1 aromatic heterocycles. The van der Waals surface area contributed by atoms with Gasteiger partial charge in [0, 0.05) is 29.4 Å². The third kappa shape index (κ3) is 2.01. The zero-order valence-corrected chi connectivity index (χ0v) is 9.38. The molecule has 3 nitrogen and oxygen atoms in total. The highest BCUT2D eigenvalue weighted by Crippen LogP contribution is 2.38. The first-order chi connectivity index (χ1) is 8.24. The molecule has 1 fully saturated rings. The fourth-order valence-corrected chi connectivity index (χ4v) is 2.00. The smallest absolute Gasteiger partial charge is 0.115 e. The molecule has 3 N–H and O–H groups in total. The first kappa shape index (κ1) is 10.3. The number of aromatic hydroxyl groups is 1. The molecule has 1 aliphatic rings. The lowest BCUT2D eigenvalue weighted by Gasteiger charge is -2.03. The number of hydrogen-bond acceptors (Lipinski definition) is 3. The van der Waals surface area contributed by atoms with Crippen LogP contribution in [0.3, 0.4) is 0 Å². The van der Waals surface area contributed by atoms with Crippen LogP contribution in [0, 0.1) is 0 Å². The highest BCUT2D eigenvalue weighted by Gasteiger charge is 2.35. The lowest BCUT2D eigenvalue weighted by Crippen LogP contribution is -2.01. The molecule has 3 rings (SSSR count). The molecular weight excluding hydrogens is 212 g/mol. The number of rotatable bonds is 2. The van der Waals surface area contributed by atoms with Gasteiger partial charge in [-0.2, -0.15) is 0 Å². The molecule has 0 radical (unpaired) electrons. The van der Waals surface area contributed by atoms with Gasteiger partial charge in [0.2, 0.25) is 0 Å². The van der Waals surface area contributed by atoms with Gasteiger partial charge in [-0.25, -0.2) is 0 Å². The fraction of sp³-hybridized carbons (Fsp3) is 0.214. The Hall–Kier alpha value is -1.87. The van der Waals surface area contributed by atoms with Gasteiger partial charge in [-0.05, 0) is 30.2 Å². The SMILES string of the molecule is N[C@H]1C[C@@H]1c1ccc(-c2ccc(O)cc2)cn1. The summed E-state index contributed by atoms with van der Waals surface area (Å²) in [6.45, 7) is 0. The van der Waals surface area contributed by atoms with Crippen LogP contribution in [0.15, 0.2) is 42.6 Å². The Morgan fingerprint density at radius 2 is 1.71 bits per heavy atom. The summed E-state index contributed by atoms with van der Waals surface area (Å²) in [4.78, 5) is 4.45. The van der Waals surface area contributed by atoms with Crippen LogP contribution in [0.5, 0.6) is 5.75 Å². The maximum Gasteiger partial charge on any atom is 0.115 e. The monoisotopic (exact) mass is 226 g/mol. The molecule has 0 aliphatic heterocycles. The van der Waals surface area contributed by atoms with Gasteiger partial charge < -0.3 is 10.8 Å². The van der Waals surface area contributed by atoms with Crippen LogP contribution in [0.4, 0.5) is 0 Å². The molecule has 2 aromatic rings. The van der Waals surface area contributed by atoms with Gasteiger partial charge in [0.1, 0.15) is 5.75 Å². The van der Waals surface area contributed by atoms with Gasteiger partial charge in [-0.3, -0.25) is 4.98 Å². The predicted molar refractivity (Wildman–Crippen MR) is 66.7 cm³/mol. The Balaban J connectivity index is 1.86. The maximum absolute atomic E-state index is 9.23. The van der Waals surface area contributed by atoms with E-state index in [4.69, 9.17) is 5.73 Å². The van der Waals surface area contributed by atoms with Crippen molar-refractivity contribution in [2.24, 2.45) is 5.73 Å². The normalized spacial score (nSPS) is 22.4. The first-order valence-corrected chi connectivity index (χ1v) is 5.75. The highest BCUT2D eigenvalue weighted by molar-refractivity contribution is 5.63. The molecule has 1 aliphatic carbocycles. The van der Waals surface area contributed by atoms with Gasteiger partial charge in [0.05, 0.1) is 0 Å². The number of benzene rings is 1. The van der Waals surface area contributed by atoms with E-state index in [9.17, 15) is 5.11 Å². The van der Waals surface area contributed by atoms with Crippen LogP contribution < -0.4 is 5.73 Å². The van der Waals surface area contributed by atoms with Crippen molar-refractivity contribution in [2.45, 2.75) is 18.4 Å². The zero-order valence-electron chi connectivity index (χ0n) is 9.38. The summed E-state index contributed by atoms with van der Waals surface area (Å²) in [5, 5.41) is 9.23. The van der Waals surface area contributed by atoms with E-state index in [1.165, 1.54) is 0 Å². The fourth-order valence-electron chi connectivity index (χ4n) is 2.00. The molecule has 1 heterocycles. The lowest BCUT2D eigenvalue weighted by atomic mass is 10.1. The van der Waals surface area contributed by atoms with E-state index in [2.05, 4.69) is 11.1 Å². The third-order valence-electron chi connectivity index (χ3n) is 3.21. The largest absolute Gasteiger partial charge is 0.508 e. The zero-order chi connectivity index (χ0) is 11.8. The van der Waals surface area contributed by atoms with Crippen molar-refractivity contribution in [1.29, 1.82) is 0 Å². The van der Waals surface area contributed by atoms with Crippen LogP contribution in [0.2, 0.25) is 0 Å². The molecule has 0 saturated heterocycles. The molecule has 1 aromatic carbocycles. The van der Waals surface area contributed by atoms with Gasteiger partial charge in [-0.15, -0.1) is 0 Å². The third-order valence-corrected chi connectivity index (χ3v) is 3.21. The van der Waals surface area contributed by atoms with Crippen molar-refractivity contribution >= 4 is 0 Å².